The number of hydrogen-bond acceptors (Lipinski definition) is 6. The summed E-state index contributed by atoms with van der Waals surface area (Å²) in [6.45, 7) is 2.21. The van der Waals surface area contributed by atoms with Crippen molar-refractivity contribution in [3.8, 4) is 5.88 Å². The molecule has 0 spiro atoms. The second kappa shape index (κ2) is 5.67. The van der Waals surface area contributed by atoms with Crippen molar-refractivity contribution in [1.29, 1.82) is 0 Å². The van der Waals surface area contributed by atoms with Crippen LogP contribution in [0.25, 0.3) is 0 Å². The molecule has 0 amide bonds. The third-order valence-corrected chi connectivity index (χ3v) is 5.36. The van der Waals surface area contributed by atoms with Gasteiger partial charge in [-0.25, -0.2) is 9.97 Å². The first-order chi connectivity index (χ1) is 8.86. The van der Waals surface area contributed by atoms with Gasteiger partial charge in [-0.2, -0.15) is 0 Å². The average molecular weight is 283 g/mol. The number of fused-ring (bicyclic) bond motifs is 1. The molecule has 1 saturated heterocycles. The van der Waals surface area contributed by atoms with E-state index in [0.717, 1.165) is 49.7 Å². The molecule has 2 aliphatic heterocycles. The van der Waals surface area contributed by atoms with Gasteiger partial charge in [0.15, 0.2) is 0 Å². The van der Waals surface area contributed by atoms with Crippen molar-refractivity contribution in [3.63, 3.8) is 0 Å². The molecule has 0 aliphatic carbocycles. The normalized spacial score (nSPS) is 20.9. The molecule has 0 aromatic carbocycles. The lowest BCUT2D eigenvalue weighted by Crippen LogP contribution is -2.34. The Morgan fingerprint density at radius 1 is 1.39 bits per heavy atom. The predicted molar refractivity (Wildman–Crippen MR) is 75.2 cm³/mol. The Balaban J connectivity index is 1.65. The number of aromatic nitrogens is 2. The van der Waals surface area contributed by atoms with E-state index < -0.39 is 0 Å². The van der Waals surface area contributed by atoms with Gasteiger partial charge in [-0.05, 0) is 19.1 Å². The quantitative estimate of drug-likeness (QED) is 0.792. The van der Waals surface area contributed by atoms with Crippen LogP contribution in [-0.4, -0.2) is 45.5 Å². The molecule has 18 heavy (non-hydrogen) atoms. The summed E-state index contributed by atoms with van der Waals surface area (Å²) in [7, 11) is 0. The summed E-state index contributed by atoms with van der Waals surface area (Å²) in [5, 5.41) is 0. The lowest BCUT2D eigenvalue weighted by Gasteiger charge is -2.30. The van der Waals surface area contributed by atoms with Crippen LogP contribution in [0.3, 0.4) is 0 Å². The number of piperidine rings is 1. The topological polar surface area (TPSA) is 38.2 Å². The Morgan fingerprint density at radius 2 is 2.22 bits per heavy atom. The van der Waals surface area contributed by atoms with Crippen LogP contribution in [0.4, 0.5) is 0 Å². The Morgan fingerprint density at radius 3 is 3.00 bits per heavy atom. The fraction of sp³-hybridized carbons (Fsp3) is 0.667. The maximum absolute atomic E-state index is 6.08. The zero-order valence-corrected chi connectivity index (χ0v) is 12.1. The van der Waals surface area contributed by atoms with Crippen LogP contribution >= 0.6 is 23.7 Å². The van der Waals surface area contributed by atoms with Gasteiger partial charge in [0, 0.05) is 25.3 Å². The van der Waals surface area contributed by atoms with Gasteiger partial charge in [0.25, 0.3) is 0 Å². The van der Waals surface area contributed by atoms with Crippen LogP contribution < -0.4 is 4.74 Å². The van der Waals surface area contributed by atoms with E-state index in [1.54, 1.807) is 6.33 Å². The minimum absolute atomic E-state index is 0.314. The first kappa shape index (κ1) is 12.6. The van der Waals surface area contributed by atoms with Crippen molar-refractivity contribution in [2.24, 2.45) is 0 Å². The van der Waals surface area contributed by atoms with Crippen molar-refractivity contribution in [2.75, 3.05) is 25.1 Å². The number of ether oxygens (including phenoxy) is 1. The highest BCUT2D eigenvalue weighted by molar-refractivity contribution is 7.99. The van der Waals surface area contributed by atoms with E-state index in [9.17, 15) is 0 Å². The summed E-state index contributed by atoms with van der Waals surface area (Å²) in [6.07, 6.45) is 7.30. The van der Waals surface area contributed by atoms with Crippen molar-refractivity contribution in [3.05, 3.63) is 12.0 Å². The van der Waals surface area contributed by atoms with Crippen molar-refractivity contribution in [1.82, 2.24) is 14.3 Å². The van der Waals surface area contributed by atoms with E-state index in [-0.39, 0.29) is 0 Å². The monoisotopic (exact) mass is 283 g/mol. The molecule has 0 atom stereocenters. The highest BCUT2D eigenvalue weighted by Gasteiger charge is 2.24. The zero-order chi connectivity index (χ0) is 12.4. The lowest BCUT2D eigenvalue weighted by atomic mass is 10.1. The van der Waals surface area contributed by atoms with Gasteiger partial charge in [-0.1, -0.05) is 11.9 Å². The lowest BCUT2D eigenvalue weighted by molar-refractivity contribution is 0.129. The first-order valence-electron chi connectivity index (χ1n) is 6.29. The Labute approximate surface area is 116 Å². The van der Waals surface area contributed by atoms with Crippen molar-refractivity contribution in [2.45, 2.75) is 30.3 Å². The van der Waals surface area contributed by atoms with E-state index in [1.807, 2.05) is 23.7 Å². The molecule has 0 N–H and O–H groups in total. The Kier molecular flexibility index (Phi) is 3.96. The molecule has 0 bridgehead atoms. The van der Waals surface area contributed by atoms with Crippen LogP contribution in [0.2, 0.25) is 0 Å². The van der Waals surface area contributed by atoms with Gasteiger partial charge in [-0.15, -0.1) is 11.8 Å². The van der Waals surface area contributed by atoms with Crippen molar-refractivity contribution < 1.29 is 4.74 Å². The highest BCUT2D eigenvalue weighted by Crippen LogP contribution is 2.37. The van der Waals surface area contributed by atoms with Gasteiger partial charge >= 0.3 is 0 Å². The van der Waals surface area contributed by atoms with Gasteiger partial charge in [0.1, 0.15) is 12.4 Å². The first-order valence-corrected chi connectivity index (χ1v) is 8.46. The summed E-state index contributed by atoms with van der Waals surface area (Å²) in [5.41, 5.74) is 1.16. The SMILES string of the molecule is CSN1CCC(Oc2ncnc3c2SCC3)CC1. The number of nitrogens with zero attached hydrogens (tertiary/aromatic N) is 3. The standard InChI is InChI=1S/C12H17N3OS2/c1-17-15-5-2-9(3-6-15)16-12-11-10(4-7-18-11)13-8-14-12/h8-9H,2-7H2,1H3. The highest BCUT2D eigenvalue weighted by atomic mass is 32.2. The maximum atomic E-state index is 6.08. The van der Waals surface area contributed by atoms with Crippen LogP contribution in [0.5, 0.6) is 5.88 Å². The van der Waals surface area contributed by atoms with Crippen LogP contribution in [-0.2, 0) is 6.42 Å². The maximum Gasteiger partial charge on any atom is 0.231 e. The number of aryl methyl sites for hydroxylation is 1. The molecule has 2 aliphatic rings. The summed E-state index contributed by atoms with van der Waals surface area (Å²) in [6, 6.07) is 0. The fourth-order valence-electron chi connectivity index (χ4n) is 2.34. The van der Waals surface area contributed by atoms with Crippen LogP contribution in [0.1, 0.15) is 18.5 Å². The third-order valence-electron chi connectivity index (χ3n) is 3.37. The third kappa shape index (κ3) is 2.60. The smallest absolute Gasteiger partial charge is 0.231 e. The molecule has 0 saturated carbocycles. The summed E-state index contributed by atoms with van der Waals surface area (Å²) < 4.78 is 8.47. The van der Waals surface area contributed by atoms with E-state index in [2.05, 4.69) is 20.5 Å². The van der Waals surface area contributed by atoms with Gasteiger partial charge in [0.2, 0.25) is 5.88 Å². The summed E-state index contributed by atoms with van der Waals surface area (Å²) in [4.78, 5) is 9.80. The Bertz CT molecular complexity index is 422. The number of hydrogen-bond donors (Lipinski definition) is 0. The van der Waals surface area contributed by atoms with Crippen molar-refractivity contribution >= 4 is 23.7 Å². The van der Waals surface area contributed by atoms with E-state index in [0.29, 0.717) is 6.10 Å². The second-order valence-electron chi connectivity index (χ2n) is 4.48. The molecular formula is C12H17N3OS2. The molecular weight excluding hydrogens is 266 g/mol. The summed E-state index contributed by atoms with van der Waals surface area (Å²) in [5.74, 6) is 1.92. The van der Waals surface area contributed by atoms with E-state index >= 15 is 0 Å². The van der Waals surface area contributed by atoms with Gasteiger partial charge < -0.3 is 4.74 Å². The number of rotatable bonds is 3. The molecule has 0 radical (unpaired) electrons. The number of thioether (sulfide) groups is 1. The van der Waals surface area contributed by atoms with Gasteiger partial charge in [-0.3, -0.25) is 4.31 Å². The van der Waals surface area contributed by atoms with E-state index in [1.165, 1.54) is 4.90 Å². The molecule has 1 aromatic heterocycles. The molecule has 98 valence electrons. The van der Waals surface area contributed by atoms with E-state index in [4.69, 9.17) is 4.74 Å². The predicted octanol–water partition coefficient (Wildman–Crippen LogP) is 2.25. The average Bonchev–Trinajstić information content (AvgIpc) is 2.89. The fourth-order valence-corrected chi connectivity index (χ4v) is 3.96. The minimum Gasteiger partial charge on any atom is -0.473 e. The molecule has 1 fully saturated rings. The minimum atomic E-state index is 0.314. The zero-order valence-electron chi connectivity index (χ0n) is 10.5. The van der Waals surface area contributed by atoms with Gasteiger partial charge in [0.05, 0.1) is 10.6 Å². The summed E-state index contributed by atoms with van der Waals surface area (Å²) >= 11 is 3.65. The van der Waals surface area contributed by atoms with Crippen LogP contribution in [0.15, 0.2) is 11.2 Å². The Hall–Kier alpha value is -0.460. The molecule has 1 aromatic rings. The molecule has 4 nitrogen and oxygen atoms in total. The molecule has 0 unspecified atom stereocenters. The molecule has 3 heterocycles. The largest absolute Gasteiger partial charge is 0.473 e. The van der Waals surface area contributed by atoms with Crippen LogP contribution in [0, 0.1) is 0 Å². The molecule has 3 rings (SSSR count). The molecule has 6 heteroatoms. The second-order valence-corrected chi connectivity index (χ2v) is 6.47.